The first-order chi connectivity index (χ1) is 12.8. The van der Waals surface area contributed by atoms with Crippen LogP contribution in [0.5, 0.6) is 0 Å². The highest BCUT2D eigenvalue weighted by Gasteiger charge is 2.26. The molecule has 0 bridgehead atoms. The van der Waals surface area contributed by atoms with Crippen molar-refractivity contribution >= 4 is 38.9 Å². The molecule has 1 unspecified atom stereocenters. The fourth-order valence-corrected chi connectivity index (χ4v) is 5.89. The van der Waals surface area contributed by atoms with Crippen LogP contribution in [0.25, 0.3) is 0 Å². The van der Waals surface area contributed by atoms with E-state index in [1.807, 2.05) is 11.8 Å². The van der Waals surface area contributed by atoms with E-state index in [1.54, 1.807) is 12.1 Å². The van der Waals surface area contributed by atoms with Crippen molar-refractivity contribution in [1.82, 2.24) is 9.88 Å². The summed E-state index contributed by atoms with van der Waals surface area (Å²) < 4.78 is 25.6. The van der Waals surface area contributed by atoms with Crippen LogP contribution in [0.2, 0.25) is 10.0 Å². The molecule has 0 N–H and O–H groups in total. The van der Waals surface area contributed by atoms with Crippen molar-refractivity contribution in [3.8, 4) is 0 Å². The monoisotopic (exact) mass is 426 g/mol. The Labute approximate surface area is 169 Å². The summed E-state index contributed by atoms with van der Waals surface area (Å²) in [7, 11) is -3.78. The molecular weight excluding hydrogens is 407 g/mol. The van der Waals surface area contributed by atoms with Crippen LogP contribution in [0.15, 0.2) is 41.6 Å². The topological polar surface area (TPSA) is 67.3 Å². The third kappa shape index (κ3) is 4.45. The number of benzene rings is 1. The van der Waals surface area contributed by atoms with Crippen LogP contribution in [0.3, 0.4) is 0 Å². The number of halogens is 2. The minimum Gasteiger partial charge on any atom is -0.336 e. The van der Waals surface area contributed by atoms with Gasteiger partial charge in [0.25, 0.3) is 5.91 Å². The van der Waals surface area contributed by atoms with Gasteiger partial charge in [-0.2, -0.15) is 0 Å². The van der Waals surface area contributed by atoms with Gasteiger partial charge in [0.1, 0.15) is 4.90 Å². The van der Waals surface area contributed by atoms with Gasteiger partial charge in [0, 0.05) is 25.0 Å². The molecule has 8 heteroatoms. The maximum atomic E-state index is 12.8. The van der Waals surface area contributed by atoms with E-state index in [1.165, 1.54) is 24.5 Å². The molecule has 0 radical (unpaired) electrons. The van der Waals surface area contributed by atoms with E-state index in [9.17, 15) is 13.2 Å². The summed E-state index contributed by atoms with van der Waals surface area (Å²) in [6.07, 6.45) is 5.97. The molecule has 2 heterocycles. The first kappa shape index (κ1) is 20.1. The van der Waals surface area contributed by atoms with Crippen molar-refractivity contribution in [2.45, 2.75) is 42.9 Å². The molecule has 3 rings (SSSR count). The van der Waals surface area contributed by atoms with E-state index in [0.29, 0.717) is 17.7 Å². The molecule has 2 aromatic rings. The maximum absolute atomic E-state index is 12.8. The second-order valence-corrected chi connectivity index (χ2v) is 9.48. The van der Waals surface area contributed by atoms with Gasteiger partial charge in [-0.05, 0) is 49.9 Å². The van der Waals surface area contributed by atoms with Crippen molar-refractivity contribution in [2.24, 2.45) is 0 Å². The fraction of sp³-hybridized carbons (Fsp3) is 0.368. The van der Waals surface area contributed by atoms with E-state index in [0.717, 1.165) is 19.3 Å². The Morgan fingerprint density at radius 1 is 1.22 bits per heavy atom. The summed E-state index contributed by atoms with van der Waals surface area (Å²) >= 11 is 12.1. The minimum absolute atomic E-state index is 0.0739. The number of hydrogen-bond acceptors (Lipinski definition) is 4. The Balaban J connectivity index is 1.87. The summed E-state index contributed by atoms with van der Waals surface area (Å²) in [6.45, 7) is 2.73. The number of hydrogen-bond donors (Lipinski definition) is 0. The van der Waals surface area contributed by atoms with E-state index in [4.69, 9.17) is 23.2 Å². The van der Waals surface area contributed by atoms with Crippen LogP contribution < -0.4 is 0 Å². The lowest BCUT2D eigenvalue weighted by Crippen LogP contribution is -2.42. The van der Waals surface area contributed by atoms with E-state index in [2.05, 4.69) is 4.98 Å². The molecule has 27 heavy (non-hydrogen) atoms. The lowest BCUT2D eigenvalue weighted by Gasteiger charge is -2.33. The van der Waals surface area contributed by atoms with Crippen molar-refractivity contribution in [2.75, 3.05) is 6.54 Å². The normalized spacial score (nSPS) is 17.7. The smallest absolute Gasteiger partial charge is 0.255 e. The van der Waals surface area contributed by atoms with Crippen molar-refractivity contribution in [3.05, 3.63) is 57.8 Å². The average molecular weight is 427 g/mol. The molecule has 1 amide bonds. The quantitative estimate of drug-likeness (QED) is 0.727. The highest BCUT2D eigenvalue weighted by molar-refractivity contribution is 7.90. The summed E-state index contributed by atoms with van der Waals surface area (Å²) in [5, 5.41) is 0.148. The first-order valence-electron chi connectivity index (χ1n) is 8.71. The van der Waals surface area contributed by atoms with E-state index in [-0.39, 0.29) is 32.6 Å². The highest BCUT2D eigenvalue weighted by Crippen LogP contribution is 2.31. The van der Waals surface area contributed by atoms with Gasteiger partial charge in [0.05, 0.1) is 21.4 Å². The molecule has 1 saturated heterocycles. The largest absolute Gasteiger partial charge is 0.336 e. The lowest BCUT2D eigenvalue weighted by atomic mass is 10.0. The molecule has 1 aromatic carbocycles. The third-order valence-corrected chi connectivity index (χ3v) is 7.32. The SMILES string of the molecule is CC1CCCCN1C(=O)c1cncc(CS(=O)(=O)c2c(Cl)cccc2Cl)c1. The Morgan fingerprint density at radius 2 is 1.93 bits per heavy atom. The van der Waals surface area contributed by atoms with Crippen LogP contribution in [-0.4, -0.2) is 36.8 Å². The molecule has 1 atom stereocenters. The summed E-state index contributed by atoms with van der Waals surface area (Å²) in [5.74, 6) is -0.454. The summed E-state index contributed by atoms with van der Waals surface area (Å²) in [5.41, 5.74) is 0.809. The number of nitrogens with zero attached hydrogens (tertiary/aromatic N) is 2. The molecule has 1 aliphatic rings. The van der Waals surface area contributed by atoms with Gasteiger partial charge in [-0.1, -0.05) is 29.3 Å². The van der Waals surface area contributed by atoms with Gasteiger partial charge in [0.15, 0.2) is 9.84 Å². The van der Waals surface area contributed by atoms with Gasteiger partial charge in [-0.15, -0.1) is 0 Å². The fourth-order valence-electron chi connectivity index (χ4n) is 3.32. The van der Waals surface area contributed by atoms with Crippen molar-refractivity contribution in [3.63, 3.8) is 0 Å². The van der Waals surface area contributed by atoms with Crippen molar-refractivity contribution < 1.29 is 13.2 Å². The van der Waals surface area contributed by atoms with Gasteiger partial charge in [0.2, 0.25) is 0 Å². The number of carbonyl (C=O) groups excluding carboxylic acids is 1. The minimum atomic E-state index is -3.78. The molecule has 1 aromatic heterocycles. The van der Waals surface area contributed by atoms with Gasteiger partial charge in [-0.25, -0.2) is 8.42 Å². The molecule has 0 saturated carbocycles. The Hall–Kier alpha value is -1.63. The number of rotatable bonds is 4. The number of piperidine rings is 1. The molecule has 144 valence electrons. The summed E-state index contributed by atoms with van der Waals surface area (Å²) in [6, 6.07) is 6.30. The first-order valence-corrected chi connectivity index (χ1v) is 11.1. The zero-order chi connectivity index (χ0) is 19.6. The molecule has 0 aliphatic carbocycles. The van der Waals surface area contributed by atoms with Crippen LogP contribution >= 0.6 is 23.2 Å². The number of likely N-dealkylation sites (tertiary alicyclic amines) is 1. The average Bonchev–Trinajstić information content (AvgIpc) is 2.61. The lowest BCUT2D eigenvalue weighted by molar-refractivity contribution is 0.0635. The highest BCUT2D eigenvalue weighted by atomic mass is 35.5. The number of aromatic nitrogens is 1. The predicted octanol–water partition coefficient (Wildman–Crippen LogP) is 4.38. The van der Waals surface area contributed by atoms with Crippen molar-refractivity contribution in [1.29, 1.82) is 0 Å². The number of carbonyl (C=O) groups is 1. The zero-order valence-corrected chi connectivity index (χ0v) is 17.2. The van der Waals surface area contributed by atoms with Crippen LogP contribution in [0.4, 0.5) is 0 Å². The number of pyridine rings is 1. The Morgan fingerprint density at radius 3 is 2.59 bits per heavy atom. The van der Waals surface area contributed by atoms with Crippen LogP contribution in [0.1, 0.15) is 42.1 Å². The summed E-state index contributed by atoms with van der Waals surface area (Å²) in [4.78, 5) is 18.6. The molecule has 5 nitrogen and oxygen atoms in total. The van der Waals surface area contributed by atoms with E-state index < -0.39 is 9.84 Å². The maximum Gasteiger partial charge on any atom is 0.255 e. The third-order valence-electron chi connectivity index (χ3n) is 4.69. The second-order valence-electron chi connectivity index (χ2n) is 6.74. The predicted molar refractivity (Wildman–Crippen MR) is 106 cm³/mol. The van der Waals surface area contributed by atoms with Crippen LogP contribution in [-0.2, 0) is 15.6 Å². The Kier molecular flexibility index (Phi) is 6.08. The van der Waals surface area contributed by atoms with Gasteiger partial charge < -0.3 is 4.90 Å². The number of sulfone groups is 1. The molecule has 1 fully saturated rings. The molecule has 0 spiro atoms. The standard InChI is InChI=1S/C19H20Cl2N2O3S/c1-13-5-2-3-8-23(13)19(24)15-9-14(10-22-11-15)12-27(25,26)18-16(20)6-4-7-17(18)21/h4,6-7,9-11,13H,2-3,5,8,12H2,1H3. The molecule has 1 aliphatic heterocycles. The van der Waals surface area contributed by atoms with E-state index >= 15 is 0 Å². The van der Waals surface area contributed by atoms with Gasteiger partial charge in [-0.3, -0.25) is 9.78 Å². The second kappa shape index (κ2) is 8.17. The molecular formula is C19H20Cl2N2O3S. The zero-order valence-electron chi connectivity index (χ0n) is 14.9. The number of amides is 1. The Bertz CT molecular complexity index is 943. The van der Waals surface area contributed by atoms with Crippen LogP contribution in [0, 0.1) is 0 Å². The van der Waals surface area contributed by atoms with Gasteiger partial charge >= 0.3 is 0 Å².